The minimum Gasteiger partial charge on any atom is -0.464 e. The van der Waals surface area contributed by atoms with E-state index in [1.165, 1.54) is 10.7 Å². The molecule has 2 rings (SSSR count). The van der Waals surface area contributed by atoms with Crippen molar-refractivity contribution in [3.05, 3.63) is 11.8 Å². The van der Waals surface area contributed by atoms with Crippen molar-refractivity contribution in [2.75, 3.05) is 4.90 Å². The first-order valence-electron chi connectivity index (χ1n) is 8.75. The molecule has 1 aliphatic rings. The predicted octanol–water partition coefficient (Wildman–Crippen LogP) is 3.84. The highest BCUT2D eigenvalue weighted by Gasteiger charge is 2.40. The van der Waals surface area contributed by atoms with Gasteiger partial charge in [0.05, 0.1) is 11.2 Å². The molecule has 0 radical (unpaired) electrons. The van der Waals surface area contributed by atoms with E-state index < -0.39 is 41.2 Å². The third kappa shape index (κ3) is 4.45. The summed E-state index contributed by atoms with van der Waals surface area (Å²) in [4.78, 5) is 36.3. The molecular formula is C18H26FN3O5. The monoisotopic (exact) mass is 383 g/mol. The first-order valence-corrected chi connectivity index (χ1v) is 8.75. The Hall–Kier alpha value is -2.45. The van der Waals surface area contributed by atoms with Gasteiger partial charge < -0.3 is 9.84 Å². The molecule has 1 aromatic rings. The molecule has 0 saturated heterocycles. The number of rotatable bonds is 2. The van der Waals surface area contributed by atoms with E-state index in [2.05, 4.69) is 5.10 Å². The first kappa shape index (κ1) is 20.9. The molecule has 0 aliphatic heterocycles. The largest absolute Gasteiger partial charge is 0.464 e. The van der Waals surface area contributed by atoms with Crippen molar-refractivity contribution >= 4 is 23.8 Å². The van der Waals surface area contributed by atoms with Gasteiger partial charge in [0.15, 0.2) is 12.0 Å². The molecule has 1 fully saturated rings. The summed E-state index contributed by atoms with van der Waals surface area (Å²) >= 11 is 0. The summed E-state index contributed by atoms with van der Waals surface area (Å²) in [5.74, 6) is -1.30. The average molecular weight is 383 g/mol. The molecule has 2 atom stereocenters. The van der Waals surface area contributed by atoms with Crippen LogP contribution in [0.4, 0.5) is 19.8 Å². The van der Waals surface area contributed by atoms with E-state index in [0.717, 1.165) is 0 Å². The predicted molar refractivity (Wildman–Crippen MR) is 95.8 cm³/mol. The number of carbonyl (C=O) groups is 3. The van der Waals surface area contributed by atoms with Crippen LogP contribution in [0.25, 0.3) is 0 Å². The minimum absolute atomic E-state index is 0.0502. The van der Waals surface area contributed by atoms with E-state index in [4.69, 9.17) is 4.74 Å². The van der Waals surface area contributed by atoms with E-state index in [1.54, 1.807) is 41.5 Å². The molecule has 0 bridgehead atoms. The lowest BCUT2D eigenvalue weighted by Gasteiger charge is -2.28. The minimum atomic E-state index is -1.68. The Labute approximate surface area is 157 Å². The number of ketones is 1. The lowest BCUT2D eigenvalue weighted by atomic mass is 10.0. The smallest absolute Gasteiger partial charge is 0.425 e. The highest BCUT2D eigenvalue weighted by molar-refractivity contribution is 6.08. The van der Waals surface area contributed by atoms with Gasteiger partial charge >= 0.3 is 12.2 Å². The number of carbonyl (C=O) groups excluding carboxylic acids is 2. The van der Waals surface area contributed by atoms with Crippen LogP contribution >= 0.6 is 0 Å². The maximum Gasteiger partial charge on any atom is 0.425 e. The topological polar surface area (TPSA) is 102 Å². The zero-order chi connectivity index (χ0) is 20.7. The van der Waals surface area contributed by atoms with Gasteiger partial charge in [0.1, 0.15) is 11.4 Å². The van der Waals surface area contributed by atoms with Gasteiger partial charge in [-0.15, -0.1) is 0 Å². The molecule has 1 N–H and O–H groups in total. The fraction of sp³-hybridized carbons (Fsp3) is 0.667. The third-order valence-electron chi connectivity index (χ3n) is 4.08. The van der Waals surface area contributed by atoms with Crippen LogP contribution in [0.2, 0.25) is 0 Å². The summed E-state index contributed by atoms with van der Waals surface area (Å²) in [6.45, 7) is 10.2. The standard InChI is InChI=1S/C18H26FN3O5/c1-17(2,3)22-13(21(15(24)25)16(26)27-18(4,5)6)9-11(20-22)10-7-8-12(23)14(10)19/h9-10,14H,7-8H2,1-6H3,(H,24,25)/t10-,14+/m0/s1. The number of alkyl halides is 1. The number of hydrogen-bond acceptors (Lipinski definition) is 5. The Morgan fingerprint density at radius 1 is 1.30 bits per heavy atom. The van der Waals surface area contributed by atoms with E-state index in [1.807, 2.05) is 0 Å². The number of anilines is 1. The van der Waals surface area contributed by atoms with Gasteiger partial charge in [0, 0.05) is 18.4 Å². The fourth-order valence-corrected chi connectivity index (χ4v) is 2.90. The average Bonchev–Trinajstić information content (AvgIpc) is 3.01. The van der Waals surface area contributed by atoms with Crippen molar-refractivity contribution in [2.24, 2.45) is 0 Å². The Balaban J connectivity index is 2.53. The summed E-state index contributed by atoms with van der Waals surface area (Å²) in [5.41, 5.74) is -1.35. The van der Waals surface area contributed by atoms with Crippen LogP contribution in [0.15, 0.2) is 6.07 Å². The molecule has 0 spiro atoms. The highest BCUT2D eigenvalue weighted by atomic mass is 19.1. The zero-order valence-corrected chi connectivity index (χ0v) is 16.4. The van der Waals surface area contributed by atoms with Crippen LogP contribution in [-0.2, 0) is 15.1 Å². The number of amides is 2. The van der Waals surface area contributed by atoms with Crippen molar-refractivity contribution in [1.29, 1.82) is 0 Å². The SMILES string of the molecule is CC(C)(C)OC(=O)N(C(=O)O)c1cc([C@@H]2CCC(=O)[C@@H]2F)nn1C(C)(C)C. The molecule has 0 aromatic carbocycles. The van der Waals surface area contributed by atoms with Gasteiger partial charge in [-0.3, -0.25) is 4.79 Å². The van der Waals surface area contributed by atoms with Gasteiger partial charge in [-0.2, -0.15) is 10.00 Å². The van der Waals surface area contributed by atoms with Crippen molar-refractivity contribution in [3.63, 3.8) is 0 Å². The summed E-state index contributed by atoms with van der Waals surface area (Å²) in [7, 11) is 0. The van der Waals surface area contributed by atoms with Gasteiger partial charge in [-0.1, -0.05) is 0 Å². The number of Topliss-reactive ketones (excluding diaryl/α,β-unsaturated/α-hetero) is 1. The normalized spacial score (nSPS) is 20.6. The second kappa shape index (κ2) is 6.94. The lowest BCUT2D eigenvalue weighted by molar-refractivity contribution is -0.121. The highest BCUT2D eigenvalue weighted by Crippen LogP contribution is 2.37. The van der Waals surface area contributed by atoms with Gasteiger partial charge in [0.25, 0.3) is 0 Å². The summed E-state index contributed by atoms with van der Waals surface area (Å²) < 4.78 is 20.8. The first-order chi connectivity index (χ1) is 12.2. The molecule has 8 nitrogen and oxygen atoms in total. The number of nitrogens with zero attached hydrogens (tertiary/aromatic N) is 3. The molecule has 9 heteroatoms. The number of carboxylic acid groups (broad SMARTS) is 1. The number of aromatic nitrogens is 2. The van der Waals surface area contributed by atoms with Crippen molar-refractivity contribution in [2.45, 2.75) is 77.6 Å². The maximum absolute atomic E-state index is 14.2. The van der Waals surface area contributed by atoms with E-state index in [-0.39, 0.29) is 17.9 Å². The van der Waals surface area contributed by atoms with Crippen molar-refractivity contribution in [3.8, 4) is 0 Å². The van der Waals surface area contributed by atoms with Crippen LogP contribution in [0.5, 0.6) is 0 Å². The summed E-state index contributed by atoms with van der Waals surface area (Å²) in [6, 6.07) is 1.35. The third-order valence-corrected chi connectivity index (χ3v) is 4.08. The molecule has 1 aromatic heterocycles. The second-order valence-corrected chi connectivity index (χ2v) is 8.62. The summed E-state index contributed by atoms with van der Waals surface area (Å²) in [6.07, 6.45) is -3.90. The number of hydrogen-bond donors (Lipinski definition) is 1. The Morgan fingerprint density at radius 2 is 1.89 bits per heavy atom. The summed E-state index contributed by atoms with van der Waals surface area (Å²) in [5, 5.41) is 14.0. The van der Waals surface area contributed by atoms with Crippen molar-refractivity contribution < 1.29 is 28.6 Å². The molecule has 1 saturated carbocycles. The van der Waals surface area contributed by atoms with E-state index in [9.17, 15) is 23.9 Å². The zero-order valence-electron chi connectivity index (χ0n) is 16.4. The second-order valence-electron chi connectivity index (χ2n) is 8.62. The lowest BCUT2D eigenvalue weighted by Crippen LogP contribution is -2.42. The van der Waals surface area contributed by atoms with Gasteiger partial charge in [0.2, 0.25) is 0 Å². The fourth-order valence-electron chi connectivity index (χ4n) is 2.90. The molecule has 150 valence electrons. The number of halogens is 1. The van der Waals surface area contributed by atoms with Crippen LogP contribution < -0.4 is 4.90 Å². The number of imide groups is 1. The molecule has 0 unspecified atom stereocenters. The van der Waals surface area contributed by atoms with E-state index in [0.29, 0.717) is 11.3 Å². The molecule has 1 heterocycles. The van der Waals surface area contributed by atoms with Crippen LogP contribution in [0.3, 0.4) is 0 Å². The van der Waals surface area contributed by atoms with E-state index >= 15 is 0 Å². The van der Waals surface area contributed by atoms with Gasteiger partial charge in [-0.25, -0.2) is 18.7 Å². The molecule has 27 heavy (non-hydrogen) atoms. The Kier molecular flexibility index (Phi) is 5.36. The molecular weight excluding hydrogens is 357 g/mol. The van der Waals surface area contributed by atoms with Crippen molar-refractivity contribution in [1.82, 2.24) is 9.78 Å². The quantitative estimate of drug-likeness (QED) is 0.832. The molecule has 2 amide bonds. The molecule has 1 aliphatic carbocycles. The van der Waals surface area contributed by atoms with Crippen LogP contribution in [0.1, 0.15) is 66.0 Å². The number of ether oxygens (including phenoxy) is 1. The Morgan fingerprint density at radius 3 is 2.30 bits per heavy atom. The maximum atomic E-state index is 14.2. The van der Waals surface area contributed by atoms with Gasteiger partial charge in [-0.05, 0) is 48.0 Å². The van der Waals surface area contributed by atoms with Crippen LogP contribution in [0, 0.1) is 0 Å². The van der Waals surface area contributed by atoms with Crippen LogP contribution in [-0.4, -0.2) is 44.6 Å². The Bertz CT molecular complexity index is 760.